The van der Waals surface area contributed by atoms with E-state index in [1.54, 1.807) is 20.8 Å². The average molecular weight is 1040 g/mol. The van der Waals surface area contributed by atoms with E-state index in [-0.39, 0.29) is 12.5 Å². The molecule has 0 radical (unpaired) electrons. The van der Waals surface area contributed by atoms with Gasteiger partial charge < -0.3 is 93.0 Å². The van der Waals surface area contributed by atoms with Gasteiger partial charge in [-0.25, -0.2) is 0 Å². The molecular formula is C50H86O22. The van der Waals surface area contributed by atoms with Crippen molar-refractivity contribution in [3.63, 3.8) is 0 Å². The van der Waals surface area contributed by atoms with Crippen molar-refractivity contribution in [2.24, 2.45) is 11.8 Å². The van der Waals surface area contributed by atoms with Gasteiger partial charge in [0.05, 0.1) is 42.4 Å². The van der Waals surface area contributed by atoms with Gasteiger partial charge >= 0.3 is 17.9 Å². The van der Waals surface area contributed by atoms with Gasteiger partial charge in [0.25, 0.3) is 0 Å². The first-order chi connectivity index (χ1) is 34.2. The number of carbonyl (C=O) groups is 3. The van der Waals surface area contributed by atoms with E-state index in [9.17, 15) is 55.2 Å². The van der Waals surface area contributed by atoms with E-state index in [0.717, 1.165) is 57.8 Å². The van der Waals surface area contributed by atoms with Crippen LogP contribution in [0.1, 0.15) is 145 Å². The Hall–Kier alpha value is -2.23. The van der Waals surface area contributed by atoms with E-state index in [1.165, 1.54) is 27.7 Å². The van der Waals surface area contributed by atoms with Gasteiger partial charge in [-0.2, -0.15) is 0 Å². The van der Waals surface area contributed by atoms with Gasteiger partial charge in [0, 0.05) is 6.42 Å². The molecular weight excluding hydrogens is 953 g/mol. The van der Waals surface area contributed by atoms with E-state index >= 15 is 0 Å². The van der Waals surface area contributed by atoms with Crippen LogP contribution in [-0.4, -0.2) is 200 Å². The first-order valence-corrected chi connectivity index (χ1v) is 26.4. The molecule has 4 unspecified atom stereocenters. The number of unbranched alkanes of at least 4 members (excludes halogenated alkanes) is 2. The highest BCUT2D eigenvalue weighted by Crippen LogP contribution is 2.38. The predicted molar refractivity (Wildman–Crippen MR) is 250 cm³/mol. The minimum absolute atomic E-state index is 0.101. The number of ether oxygens (including phenoxy) is 11. The van der Waals surface area contributed by atoms with Gasteiger partial charge in [-0.3, -0.25) is 14.4 Å². The zero-order valence-corrected chi connectivity index (χ0v) is 43.3. The van der Waals surface area contributed by atoms with Gasteiger partial charge in [-0.1, -0.05) is 78.6 Å². The lowest BCUT2D eigenvalue weighted by atomic mass is 9.95. The van der Waals surface area contributed by atoms with Crippen LogP contribution in [0.25, 0.3) is 0 Å². The van der Waals surface area contributed by atoms with Crippen LogP contribution in [0.15, 0.2) is 0 Å². The molecule has 0 aromatic carbocycles. The molecule has 72 heavy (non-hydrogen) atoms. The molecule has 0 aromatic rings. The molecule has 418 valence electrons. The molecule has 24 atom stereocenters. The maximum atomic E-state index is 13.9. The van der Waals surface area contributed by atoms with Crippen LogP contribution < -0.4 is 0 Å². The minimum atomic E-state index is -1.98. The summed E-state index contributed by atoms with van der Waals surface area (Å²) >= 11 is 0. The summed E-state index contributed by atoms with van der Waals surface area (Å²) in [6.07, 6.45) is -23.1. The Morgan fingerprint density at radius 2 is 1.21 bits per heavy atom. The monoisotopic (exact) mass is 1040 g/mol. The number of rotatable bonds is 14. The summed E-state index contributed by atoms with van der Waals surface area (Å²) in [5, 5.41) is 89.6. The van der Waals surface area contributed by atoms with Crippen molar-refractivity contribution < 1.29 is 107 Å². The lowest BCUT2D eigenvalue weighted by molar-refractivity contribution is -0.400. The van der Waals surface area contributed by atoms with Crippen LogP contribution in [0, 0.1) is 11.8 Å². The number of aliphatic hydroxyl groups excluding tert-OH is 8. The van der Waals surface area contributed by atoms with E-state index in [2.05, 4.69) is 6.92 Å². The van der Waals surface area contributed by atoms with Crippen LogP contribution in [0.2, 0.25) is 0 Å². The zero-order chi connectivity index (χ0) is 53.0. The van der Waals surface area contributed by atoms with Crippen LogP contribution in [0.3, 0.4) is 0 Å². The van der Waals surface area contributed by atoms with Crippen molar-refractivity contribution >= 4 is 17.9 Å². The van der Waals surface area contributed by atoms with E-state index in [4.69, 9.17) is 52.1 Å². The number of cyclic esters (lactones) is 1. The predicted octanol–water partition coefficient (Wildman–Crippen LogP) is 1.55. The Bertz CT molecular complexity index is 1640. The van der Waals surface area contributed by atoms with E-state index < -0.39 is 165 Å². The van der Waals surface area contributed by atoms with Crippen molar-refractivity contribution in [2.75, 3.05) is 6.61 Å². The van der Waals surface area contributed by atoms with Crippen molar-refractivity contribution in [3.8, 4) is 0 Å². The molecule has 0 amide bonds. The lowest BCUT2D eigenvalue weighted by Crippen LogP contribution is -2.68. The quantitative estimate of drug-likeness (QED) is 0.0695. The Kier molecular flexibility index (Phi) is 24.2. The number of fused-ring (bicyclic) bond motifs is 3. The average Bonchev–Trinajstić information content (AvgIpc) is 3.34. The Labute approximate surface area is 423 Å². The fourth-order valence-electron chi connectivity index (χ4n) is 9.39. The van der Waals surface area contributed by atoms with E-state index in [0.29, 0.717) is 25.7 Å². The third-order valence-corrected chi connectivity index (χ3v) is 14.7. The maximum absolute atomic E-state index is 13.9. The van der Waals surface area contributed by atoms with Gasteiger partial charge in [-0.05, 0) is 60.3 Å². The number of carbonyl (C=O) groups excluding carboxylic acids is 3. The highest BCUT2D eigenvalue weighted by atomic mass is 16.8. The molecule has 5 saturated heterocycles. The number of hydrogen-bond acceptors (Lipinski definition) is 22. The Balaban J connectivity index is 1.57. The minimum Gasteiger partial charge on any atom is -0.463 e. The highest BCUT2D eigenvalue weighted by Gasteiger charge is 2.58. The highest BCUT2D eigenvalue weighted by molar-refractivity contribution is 5.73. The lowest BCUT2D eigenvalue weighted by Gasteiger charge is -2.50. The molecule has 0 spiro atoms. The molecule has 2 bridgehead atoms. The molecule has 0 aliphatic carbocycles. The molecule has 5 heterocycles. The van der Waals surface area contributed by atoms with Gasteiger partial charge in [0.2, 0.25) is 0 Å². The molecule has 8 N–H and O–H groups in total. The molecule has 5 aliphatic heterocycles. The fraction of sp³-hybridized carbons (Fsp3) is 0.940. The van der Waals surface area contributed by atoms with Crippen molar-refractivity contribution in [2.45, 2.75) is 280 Å². The number of aliphatic hydroxyl groups is 8. The van der Waals surface area contributed by atoms with Crippen molar-refractivity contribution in [1.29, 1.82) is 0 Å². The molecule has 5 fully saturated rings. The normalized spacial score (nSPS) is 42.4. The topological polar surface area (TPSA) is 315 Å². The number of esters is 3. The molecule has 22 nitrogen and oxygen atoms in total. The van der Waals surface area contributed by atoms with Crippen LogP contribution in [-0.2, 0) is 66.5 Å². The molecule has 5 rings (SSSR count). The SMILES string of the molecule is CCCCC[C@H]1CCCCCCCCCC(=O)OC[C@H]2OC(O[C@H]3[C@H](O1)O[C@H](C)[C@H](O)[C@@H]3O)[C@H](OC1O[C@@H](C)[C@H](OC(=O)[C@H](C)[C@@H](C)O)[C@@H](OC3O[C@@H](C)[C@H](O)[C@@H](O)[C@H]3O)[C@H]1OC(=O)C(C)CC)[C@@H](O)[C@@H]2O. The van der Waals surface area contributed by atoms with Gasteiger partial charge in [-0.15, -0.1) is 0 Å². The first kappa shape index (κ1) is 60.6. The smallest absolute Gasteiger partial charge is 0.311 e. The Morgan fingerprint density at radius 3 is 1.88 bits per heavy atom. The Morgan fingerprint density at radius 1 is 0.597 bits per heavy atom. The maximum Gasteiger partial charge on any atom is 0.311 e. The van der Waals surface area contributed by atoms with E-state index in [1.807, 2.05) is 0 Å². The van der Waals surface area contributed by atoms with Gasteiger partial charge in [0.1, 0.15) is 73.8 Å². The summed E-state index contributed by atoms with van der Waals surface area (Å²) in [6.45, 7) is 12.1. The van der Waals surface area contributed by atoms with Crippen molar-refractivity contribution in [3.05, 3.63) is 0 Å². The largest absolute Gasteiger partial charge is 0.463 e. The summed E-state index contributed by atoms with van der Waals surface area (Å²) in [6, 6.07) is 0. The molecule has 0 saturated carbocycles. The summed E-state index contributed by atoms with van der Waals surface area (Å²) in [7, 11) is 0. The molecule has 0 aromatic heterocycles. The summed E-state index contributed by atoms with van der Waals surface area (Å²) in [5.74, 6) is -4.15. The van der Waals surface area contributed by atoms with Gasteiger partial charge in [0.15, 0.2) is 37.4 Å². The molecule has 22 heteroatoms. The number of hydrogen-bond donors (Lipinski definition) is 8. The summed E-state index contributed by atoms with van der Waals surface area (Å²) in [5.41, 5.74) is 0. The zero-order valence-electron chi connectivity index (χ0n) is 43.3. The summed E-state index contributed by atoms with van der Waals surface area (Å²) < 4.78 is 68.2. The standard InChI is InChI=1S/C50H86O22/c1-9-11-17-20-30-21-18-15-13-12-14-16-19-22-32(52)62-23-31-35(55)38(58)42(49(67-31)70-41-37(57)34(54)28(7)64-48(41)66-30)71-50-44(69-45(60)24(3)10-2)43(72-47-39(59)36(56)33(53)27(6)63-47)40(29(8)65-50)68-46(61)25(4)26(5)51/h24-31,33-44,47-51,53-59H,9-23H2,1-8H3/t24?,25-,26-,27+,28-,29+,30+,31-,33+,34+,35-,36-,37+,38+,39-,40+,41-,42-,43-,44-,47?,48+,49?,50?/m1/s1. The third kappa shape index (κ3) is 15.9. The third-order valence-electron chi connectivity index (χ3n) is 14.7. The fourth-order valence-corrected chi connectivity index (χ4v) is 9.39. The molecule has 5 aliphatic rings. The first-order valence-electron chi connectivity index (χ1n) is 26.4. The van der Waals surface area contributed by atoms with Crippen LogP contribution in [0.5, 0.6) is 0 Å². The second-order valence-electron chi connectivity index (χ2n) is 20.5. The van der Waals surface area contributed by atoms with Crippen molar-refractivity contribution in [1.82, 2.24) is 0 Å². The van der Waals surface area contributed by atoms with Crippen LogP contribution >= 0.6 is 0 Å². The second-order valence-corrected chi connectivity index (χ2v) is 20.5. The van der Waals surface area contributed by atoms with Crippen LogP contribution in [0.4, 0.5) is 0 Å². The second kappa shape index (κ2) is 28.8. The summed E-state index contributed by atoms with van der Waals surface area (Å²) in [4.78, 5) is 40.4.